The lowest BCUT2D eigenvalue weighted by Crippen LogP contribution is -2.53. The normalized spacial score (nSPS) is 27.8. The molecule has 156 valence electrons. The van der Waals surface area contributed by atoms with Gasteiger partial charge in [-0.3, -0.25) is 4.90 Å². The van der Waals surface area contributed by atoms with Crippen molar-refractivity contribution < 1.29 is 4.42 Å². The molecule has 4 rings (SSSR count). The van der Waals surface area contributed by atoms with Gasteiger partial charge in [-0.1, -0.05) is 12.8 Å². The minimum atomic E-state index is 0.311. The van der Waals surface area contributed by atoms with Crippen molar-refractivity contribution in [2.75, 3.05) is 19.4 Å². The average molecular weight is 460 g/mol. The monoisotopic (exact) mass is 459 g/mol. The maximum Gasteiger partial charge on any atom is 0.204 e. The summed E-state index contributed by atoms with van der Waals surface area (Å²) in [5.74, 6) is 1.15. The van der Waals surface area contributed by atoms with E-state index in [1.54, 1.807) is 12.3 Å². The van der Waals surface area contributed by atoms with Crippen molar-refractivity contribution in [3.63, 3.8) is 0 Å². The van der Waals surface area contributed by atoms with Crippen LogP contribution in [0.3, 0.4) is 0 Å². The Kier molecular flexibility index (Phi) is 6.43. The molecule has 2 atom stereocenters. The van der Waals surface area contributed by atoms with E-state index in [2.05, 4.69) is 50.5 Å². The highest BCUT2D eigenvalue weighted by atomic mass is 79.9. The van der Waals surface area contributed by atoms with E-state index in [4.69, 9.17) is 9.68 Å². The lowest BCUT2D eigenvalue weighted by Gasteiger charge is -2.44. The molecular formula is C22H30BrN5O. The summed E-state index contributed by atoms with van der Waals surface area (Å²) >= 11 is 3.64. The van der Waals surface area contributed by atoms with Crippen LogP contribution in [0, 0.1) is 11.3 Å². The molecule has 0 radical (unpaired) electrons. The van der Waals surface area contributed by atoms with Crippen LogP contribution < -0.4 is 10.6 Å². The van der Waals surface area contributed by atoms with Crippen LogP contribution in [0.25, 0.3) is 11.0 Å². The first-order valence-electron chi connectivity index (χ1n) is 10.7. The van der Waals surface area contributed by atoms with Gasteiger partial charge >= 0.3 is 0 Å². The number of halogens is 1. The van der Waals surface area contributed by atoms with Crippen LogP contribution in [-0.2, 0) is 0 Å². The first-order valence-corrected chi connectivity index (χ1v) is 11.5. The van der Waals surface area contributed by atoms with Gasteiger partial charge < -0.3 is 15.1 Å². The fourth-order valence-corrected chi connectivity index (χ4v) is 5.69. The first-order chi connectivity index (χ1) is 14.1. The van der Waals surface area contributed by atoms with Crippen LogP contribution in [0.15, 0.2) is 21.2 Å². The van der Waals surface area contributed by atoms with Crippen LogP contribution in [0.1, 0.15) is 57.1 Å². The van der Waals surface area contributed by atoms with Gasteiger partial charge in [0, 0.05) is 35.6 Å². The number of nitriles is 1. The molecule has 0 spiro atoms. The summed E-state index contributed by atoms with van der Waals surface area (Å²) in [4.78, 5) is 7.18. The largest absolute Gasteiger partial charge is 0.444 e. The average Bonchev–Trinajstić information content (AvgIpc) is 3.20. The van der Waals surface area contributed by atoms with Crippen LogP contribution >= 0.6 is 15.9 Å². The Morgan fingerprint density at radius 3 is 2.69 bits per heavy atom. The number of rotatable bonds is 5. The summed E-state index contributed by atoms with van der Waals surface area (Å²) in [6.07, 6.45) is 11.7. The third-order valence-electron chi connectivity index (χ3n) is 6.86. The van der Waals surface area contributed by atoms with Gasteiger partial charge in [0.05, 0.1) is 10.7 Å². The standard InChI is InChI=1S/C22H30BrN5O/c1-25-18-5-3-4-6-19(18)28(2)15-9-7-14(8-10-15)27-22-21(23)17-11-16(12-24)29-20(17)13-26-22/h11,13-15,18-19,25H,3-10H2,1-2H3,(H,26,27)/t14?,15?,18-,19-/m0/s1. The van der Waals surface area contributed by atoms with Gasteiger partial charge in [-0.15, -0.1) is 0 Å². The number of hydrogen-bond donors (Lipinski definition) is 2. The Balaban J connectivity index is 1.37. The predicted octanol–water partition coefficient (Wildman–Crippen LogP) is 4.65. The molecule has 0 amide bonds. The summed E-state index contributed by atoms with van der Waals surface area (Å²) in [6, 6.07) is 6.20. The Labute approximate surface area is 181 Å². The number of nitrogens with one attached hydrogen (secondary N) is 2. The third-order valence-corrected chi connectivity index (χ3v) is 7.67. The number of furan rings is 1. The summed E-state index contributed by atoms with van der Waals surface area (Å²) in [7, 11) is 4.44. The highest BCUT2D eigenvalue weighted by Crippen LogP contribution is 2.34. The van der Waals surface area contributed by atoms with E-state index < -0.39 is 0 Å². The number of nitrogens with zero attached hydrogens (tertiary/aromatic N) is 3. The molecular weight excluding hydrogens is 430 g/mol. The van der Waals surface area contributed by atoms with Crippen molar-refractivity contribution in [3.8, 4) is 6.07 Å². The number of fused-ring (bicyclic) bond motifs is 1. The molecule has 6 nitrogen and oxygen atoms in total. The molecule has 7 heteroatoms. The molecule has 0 saturated heterocycles. The van der Waals surface area contributed by atoms with Crippen molar-refractivity contribution >= 4 is 32.7 Å². The summed E-state index contributed by atoms with van der Waals surface area (Å²) in [5.41, 5.74) is 0.635. The van der Waals surface area contributed by atoms with Gasteiger partial charge in [0.1, 0.15) is 11.9 Å². The first kappa shape index (κ1) is 20.6. The van der Waals surface area contributed by atoms with Crippen molar-refractivity contribution in [1.29, 1.82) is 5.26 Å². The van der Waals surface area contributed by atoms with Crippen LogP contribution in [0.2, 0.25) is 0 Å². The van der Waals surface area contributed by atoms with Crippen LogP contribution in [0.4, 0.5) is 5.82 Å². The topological polar surface area (TPSA) is 77.1 Å². The number of anilines is 1. The summed E-state index contributed by atoms with van der Waals surface area (Å²) in [6.45, 7) is 0. The molecule has 2 heterocycles. The van der Waals surface area contributed by atoms with Gasteiger partial charge in [0.2, 0.25) is 5.76 Å². The number of likely N-dealkylation sites (N-methyl/N-ethyl adjacent to an activating group) is 2. The highest BCUT2D eigenvalue weighted by Gasteiger charge is 2.33. The van der Waals surface area contributed by atoms with Gasteiger partial charge in [0.15, 0.2) is 5.58 Å². The molecule has 0 aromatic carbocycles. The maximum atomic E-state index is 9.05. The van der Waals surface area contributed by atoms with E-state index in [1.165, 1.54) is 38.5 Å². The Morgan fingerprint density at radius 1 is 1.21 bits per heavy atom. The highest BCUT2D eigenvalue weighted by molar-refractivity contribution is 9.10. The van der Waals surface area contributed by atoms with E-state index in [1.807, 2.05) is 6.07 Å². The molecule has 2 aliphatic rings. The zero-order valence-electron chi connectivity index (χ0n) is 17.2. The quantitative estimate of drug-likeness (QED) is 0.677. The number of hydrogen-bond acceptors (Lipinski definition) is 6. The molecule has 2 aliphatic carbocycles. The smallest absolute Gasteiger partial charge is 0.204 e. The second-order valence-corrected chi connectivity index (χ2v) is 9.28. The molecule has 0 bridgehead atoms. The van der Waals surface area contributed by atoms with Crippen molar-refractivity contribution in [2.24, 2.45) is 0 Å². The van der Waals surface area contributed by atoms with E-state index in [-0.39, 0.29) is 0 Å². The Hall–Kier alpha value is -1.62. The molecule has 2 saturated carbocycles. The van der Waals surface area contributed by atoms with Gasteiger partial charge in [-0.25, -0.2) is 4.98 Å². The molecule has 2 aromatic rings. The van der Waals surface area contributed by atoms with E-state index in [9.17, 15) is 0 Å². The minimum absolute atomic E-state index is 0.311. The molecule has 29 heavy (non-hydrogen) atoms. The van der Waals surface area contributed by atoms with Crippen molar-refractivity contribution in [1.82, 2.24) is 15.2 Å². The molecule has 2 aromatic heterocycles. The zero-order valence-corrected chi connectivity index (χ0v) is 18.8. The zero-order chi connectivity index (χ0) is 20.4. The van der Waals surface area contributed by atoms with Gasteiger partial charge in [-0.2, -0.15) is 5.26 Å². The minimum Gasteiger partial charge on any atom is -0.444 e. The van der Waals surface area contributed by atoms with E-state index >= 15 is 0 Å². The molecule has 2 fully saturated rings. The maximum absolute atomic E-state index is 9.05. The SMILES string of the molecule is CN[C@H]1CCCC[C@@H]1N(C)C1CCC(Nc2ncc3oc(C#N)cc3c2Br)CC1. The Bertz CT molecular complexity index is 883. The number of pyridine rings is 1. The summed E-state index contributed by atoms with van der Waals surface area (Å²) in [5, 5.41) is 17.1. The van der Waals surface area contributed by atoms with Gasteiger partial charge in [0.25, 0.3) is 0 Å². The van der Waals surface area contributed by atoms with Crippen LogP contribution in [-0.4, -0.2) is 48.1 Å². The van der Waals surface area contributed by atoms with Gasteiger partial charge in [-0.05, 0) is 68.6 Å². The van der Waals surface area contributed by atoms with Crippen LogP contribution in [0.5, 0.6) is 0 Å². The van der Waals surface area contributed by atoms with E-state index in [0.717, 1.165) is 28.5 Å². The van der Waals surface area contributed by atoms with Crippen molar-refractivity contribution in [2.45, 2.75) is 75.5 Å². The number of aromatic nitrogens is 1. The fourth-order valence-electron chi connectivity index (χ4n) is 5.16. The second kappa shape index (κ2) is 9.03. The second-order valence-electron chi connectivity index (χ2n) is 8.48. The predicted molar refractivity (Wildman–Crippen MR) is 119 cm³/mol. The Morgan fingerprint density at radius 2 is 1.97 bits per heavy atom. The molecule has 0 aliphatic heterocycles. The van der Waals surface area contributed by atoms with Crippen molar-refractivity contribution in [3.05, 3.63) is 22.5 Å². The molecule has 2 N–H and O–H groups in total. The van der Waals surface area contributed by atoms with E-state index in [0.29, 0.717) is 35.5 Å². The lowest BCUT2D eigenvalue weighted by atomic mass is 9.85. The summed E-state index contributed by atoms with van der Waals surface area (Å²) < 4.78 is 6.34. The third kappa shape index (κ3) is 4.30. The molecule has 0 unspecified atom stereocenters. The fraction of sp³-hybridized carbons (Fsp3) is 0.636. The lowest BCUT2D eigenvalue weighted by molar-refractivity contribution is 0.0863.